The van der Waals surface area contributed by atoms with Gasteiger partial charge in [-0.05, 0) is 56.2 Å². The first-order valence-corrected chi connectivity index (χ1v) is 7.81. The van der Waals surface area contributed by atoms with Gasteiger partial charge in [-0.1, -0.05) is 11.6 Å². The van der Waals surface area contributed by atoms with Crippen molar-refractivity contribution >= 4 is 17.5 Å². The Balaban J connectivity index is 2.16. The van der Waals surface area contributed by atoms with Crippen molar-refractivity contribution in [2.24, 2.45) is 0 Å². The number of nitrogens with zero attached hydrogens (tertiary/aromatic N) is 3. The zero-order valence-corrected chi connectivity index (χ0v) is 14.2. The average Bonchev–Trinajstić information content (AvgIpc) is 2.82. The van der Waals surface area contributed by atoms with Gasteiger partial charge in [0.2, 0.25) is 0 Å². The highest BCUT2D eigenvalue weighted by molar-refractivity contribution is 6.31. The van der Waals surface area contributed by atoms with Crippen molar-refractivity contribution in [1.29, 1.82) is 0 Å². The van der Waals surface area contributed by atoms with Gasteiger partial charge >= 0.3 is 0 Å². The molecule has 1 aliphatic rings. The first-order chi connectivity index (χ1) is 18.6. The summed E-state index contributed by atoms with van der Waals surface area (Å²) < 4.78 is 152. The number of carbonyl (C=O) groups excluding carboxylic acids is 1. The number of aryl methyl sites for hydroxylation is 2. The van der Waals surface area contributed by atoms with E-state index in [-0.39, 0.29) is 0 Å². The second-order valence-corrected chi connectivity index (χ2v) is 5.63. The lowest BCUT2D eigenvalue weighted by Gasteiger charge is -2.36. The number of aromatic nitrogens is 2. The molecule has 0 bridgehead atoms. The summed E-state index contributed by atoms with van der Waals surface area (Å²) in [6.07, 6.45) is -16.6. The summed E-state index contributed by atoms with van der Waals surface area (Å²) >= 11 is 5.63. The molecule has 1 aromatic carbocycles. The van der Waals surface area contributed by atoms with E-state index in [0.717, 1.165) is 0 Å². The van der Waals surface area contributed by atoms with Gasteiger partial charge in [0, 0.05) is 57.9 Å². The van der Waals surface area contributed by atoms with E-state index in [9.17, 15) is 9.18 Å². The molecular formula is C20H22ClF2N3O. The van der Waals surface area contributed by atoms with Crippen LogP contribution in [-0.4, -0.2) is 39.4 Å². The zero-order chi connectivity index (χ0) is 32.7. The fraction of sp³-hybridized carbons (Fsp3) is 0.450. The van der Waals surface area contributed by atoms with Crippen molar-refractivity contribution in [3.8, 4) is 0 Å². The van der Waals surface area contributed by atoms with E-state index in [4.69, 9.17) is 32.2 Å². The molecule has 0 N–H and O–H groups in total. The molecule has 27 heavy (non-hydrogen) atoms. The lowest BCUT2D eigenvalue weighted by atomic mass is 9.88. The second kappa shape index (κ2) is 8.30. The predicted molar refractivity (Wildman–Crippen MR) is 100 cm³/mol. The minimum atomic E-state index is -4.86. The quantitative estimate of drug-likeness (QED) is 0.729. The number of hydrogen-bond donors (Lipinski definition) is 0. The van der Waals surface area contributed by atoms with E-state index in [2.05, 4.69) is 9.97 Å². The third-order valence-electron chi connectivity index (χ3n) is 3.28. The van der Waals surface area contributed by atoms with Crippen LogP contribution in [0.25, 0.3) is 0 Å². The molecule has 1 fully saturated rings. The normalized spacial score (nSPS) is 33.6. The molecule has 2 aromatic rings. The molecule has 0 aliphatic carbocycles. The Bertz CT molecular complexity index is 1360. The van der Waals surface area contributed by atoms with Crippen LogP contribution in [0.4, 0.5) is 8.78 Å². The Morgan fingerprint density at radius 3 is 2.74 bits per heavy atom. The number of piperidine rings is 1. The number of benzene rings is 1. The maximum absolute atomic E-state index is 17.0. The summed E-state index contributed by atoms with van der Waals surface area (Å²) in [5, 5.41) is -0.683. The Kier molecular flexibility index (Phi) is 2.49. The molecule has 1 aromatic heterocycles. The lowest BCUT2D eigenvalue weighted by Crippen LogP contribution is -2.44. The number of halogens is 3. The van der Waals surface area contributed by atoms with E-state index in [1.807, 2.05) is 0 Å². The molecule has 144 valence electrons. The second-order valence-electron chi connectivity index (χ2n) is 5.23. The van der Waals surface area contributed by atoms with Crippen LogP contribution in [0.3, 0.4) is 0 Å². The number of amides is 1. The fourth-order valence-electron chi connectivity index (χ4n) is 1.94. The van der Waals surface area contributed by atoms with Gasteiger partial charge in [-0.15, -0.1) is 0 Å². The van der Waals surface area contributed by atoms with E-state index < -0.39 is 96.0 Å². The van der Waals surface area contributed by atoms with E-state index in [1.54, 1.807) is 0 Å². The van der Waals surface area contributed by atoms with Crippen LogP contribution < -0.4 is 0 Å². The van der Waals surface area contributed by atoms with Gasteiger partial charge in [0.15, 0.2) is 0 Å². The highest BCUT2D eigenvalue weighted by Crippen LogP contribution is 2.32. The minimum Gasteiger partial charge on any atom is -0.338 e. The summed E-state index contributed by atoms with van der Waals surface area (Å²) in [5.74, 6) is -3.72. The molecule has 1 saturated heterocycles. The molecule has 3 rings (SSSR count). The molecule has 0 atom stereocenters. The Morgan fingerprint density at radius 1 is 1.41 bits per heavy atom. The fourth-order valence-corrected chi connectivity index (χ4v) is 2.12. The summed E-state index contributed by atoms with van der Waals surface area (Å²) in [6, 6.07) is 1.98. The van der Waals surface area contributed by atoms with Crippen LogP contribution in [0.5, 0.6) is 0 Å². The standard InChI is InChI=1S/C20H22ClF2N3O/c1-14-12-24-18(25-13-14)3-2-6-20(23)7-9-26(10-8-20)19(27)15-4-5-17(22)16(21)11-15/h4-5,11-13H,2-3,6-10H2,1H3/i1D3,3D2,6D2,7D2,8D2,9D2,10D2. The van der Waals surface area contributed by atoms with Crippen molar-refractivity contribution < 1.29 is 34.1 Å². The van der Waals surface area contributed by atoms with Crippen LogP contribution in [0.1, 0.15) is 67.8 Å². The molecule has 1 amide bonds. The van der Waals surface area contributed by atoms with Crippen LogP contribution in [0.2, 0.25) is 5.02 Å². The van der Waals surface area contributed by atoms with Gasteiger partial charge in [0.25, 0.3) is 5.91 Å². The third-order valence-corrected chi connectivity index (χ3v) is 3.57. The summed E-state index contributed by atoms with van der Waals surface area (Å²) in [6.45, 7) is -11.0. The van der Waals surface area contributed by atoms with Crippen LogP contribution in [0, 0.1) is 12.7 Å². The number of hydrogen-bond acceptors (Lipinski definition) is 3. The number of alkyl halides is 1. The van der Waals surface area contributed by atoms with Gasteiger partial charge < -0.3 is 4.90 Å². The van der Waals surface area contributed by atoms with Crippen molar-refractivity contribution in [3.63, 3.8) is 0 Å². The largest absolute Gasteiger partial charge is 0.338 e. The monoisotopic (exact) mass is 408 g/mol. The average molecular weight is 409 g/mol. The summed E-state index contributed by atoms with van der Waals surface area (Å²) in [7, 11) is 0. The Labute approximate surface area is 183 Å². The zero-order valence-electron chi connectivity index (χ0n) is 28.5. The molecule has 2 heterocycles. The van der Waals surface area contributed by atoms with Gasteiger partial charge in [0.1, 0.15) is 17.3 Å². The molecule has 4 nitrogen and oxygen atoms in total. The number of rotatable bonds is 5. The van der Waals surface area contributed by atoms with E-state index >= 15 is 4.39 Å². The van der Waals surface area contributed by atoms with Crippen LogP contribution >= 0.6 is 11.6 Å². The first-order valence-electron chi connectivity index (χ1n) is 14.9. The van der Waals surface area contributed by atoms with Gasteiger partial charge in [-0.25, -0.2) is 18.7 Å². The van der Waals surface area contributed by atoms with Crippen molar-refractivity contribution in [2.45, 2.75) is 44.4 Å². The lowest BCUT2D eigenvalue weighted by molar-refractivity contribution is 0.0389. The van der Waals surface area contributed by atoms with E-state index in [1.165, 1.54) is 0 Å². The summed E-state index contributed by atoms with van der Waals surface area (Å²) in [5.41, 5.74) is -6.02. The predicted octanol–water partition coefficient (Wildman–Crippen LogP) is 4.54. The van der Waals surface area contributed by atoms with Crippen molar-refractivity contribution in [2.75, 3.05) is 13.0 Å². The molecule has 0 saturated carbocycles. The SMILES string of the molecule is [2H]C([2H])([2H])c1cnc(C([2H])([2H])CC([2H])([2H])C2(F)C([2H])([2H])C([2H])([2H])N(C(=O)c3ccc(F)c(Cl)c3)C([2H])([2H])C2([2H])[2H])nc1. The molecule has 0 radical (unpaired) electrons. The van der Waals surface area contributed by atoms with Crippen LogP contribution in [-0.2, 0) is 6.37 Å². The van der Waals surface area contributed by atoms with Crippen molar-refractivity contribution in [3.05, 3.63) is 58.4 Å². The van der Waals surface area contributed by atoms with Crippen molar-refractivity contribution in [1.82, 2.24) is 14.9 Å². The topological polar surface area (TPSA) is 46.1 Å². The number of likely N-dealkylation sites (tertiary alicyclic amines) is 1. The molecule has 0 unspecified atom stereocenters. The minimum absolute atomic E-state index is 0.430. The highest BCUT2D eigenvalue weighted by atomic mass is 35.5. The highest BCUT2D eigenvalue weighted by Gasteiger charge is 2.35. The molecule has 0 spiro atoms. The maximum atomic E-state index is 17.0. The Hall–Kier alpha value is -2.08. The molecule has 1 aliphatic heterocycles. The Morgan fingerprint density at radius 2 is 2.11 bits per heavy atom. The molecule has 7 heteroatoms. The smallest absolute Gasteiger partial charge is 0.253 e. The van der Waals surface area contributed by atoms with Gasteiger partial charge in [-0.2, -0.15) is 0 Å². The van der Waals surface area contributed by atoms with Gasteiger partial charge in [0.05, 0.1) is 5.02 Å². The van der Waals surface area contributed by atoms with Crippen LogP contribution in [0.15, 0.2) is 30.6 Å². The third kappa shape index (κ3) is 5.01. The summed E-state index contributed by atoms with van der Waals surface area (Å²) in [4.78, 5) is 19.7. The number of carbonyl (C=O) groups is 1. The first kappa shape index (κ1) is 8.11. The van der Waals surface area contributed by atoms with Gasteiger partial charge in [-0.3, -0.25) is 4.79 Å². The van der Waals surface area contributed by atoms with E-state index in [0.29, 0.717) is 30.6 Å². The maximum Gasteiger partial charge on any atom is 0.253 e. The molecular weight excluding hydrogens is 372 g/mol.